The van der Waals surface area contributed by atoms with Crippen molar-refractivity contribution in [3.05, 3.63) is 28.3 Å². The number of hydrogen-bond donors (Lipinski definition) is 0. The van der Waals surface area contributed by atoms with Crippen LogP contribution in [0.2, 0.25) is 5.02 Å². The molecule has 1 heterocycles. The summed E-state index contributed by atoms with van der Waals surface area (Å²) < 4.78 is 58.1. The molecular formula is C12H10ClF4NO2S. The van der Waals surface area contributed by atoms with Gasteiger partial charge in [-0.2, -0.15) is 8.78 Å². The Bertz CT molecular complexity index is 580. The van der Waals surface area contributed by atoms with Gasteiger partial charge in [0.25, 0.3) is 0 Å². The summed E-state index contributed by atoms with van der Waals surface area (Å²) in [6.45, 7) is 3.63. The predicted octanol–water partition coefficient (Wildman–Crippen LogP) is 4.48. The fourth-order valence-electron chi connectivity index (χ4n) is 1.55. The predicted molar refractivity (Wildman–Crippen MR) is 71.6 cm³/mol. The molecule has 0 atom stereocenters. The molecule has 1 aliphatic heterocycles. The monoisotopic (exact) mass is 343 g/mol. The van der Waals surface area contributed by atoms with Gasteiger partial charge in [-0.15, -0.1) is 0 Å². The van der Waals surface area contributed by atoms with E-state index in [4.69, 9.17) is 21.2 Å². The molecule has 9 heteroatoms. The molecule has 0 saturated heterocycles. The van der Waals surface area contributed by atoms with Gasteiger partial charge in [0, 0.05) is 6.42 Å². The summed E-state index contributed by atoms with van der Waals surface area (Å²) in [7, 11) is 0. The quantitative estimate of drug-likeness (QED) is 0.351. The van der Waals surface area contributed by atoms with Gasteiger partial charge in [-0.25, -0.2) is 8.78 Å². The Morgan fingerprint density at radius 2 is 1.76 bits per heavy atom. The van der Waals surface area contributed by atoms with Crippen molar-refractivity contribution < 1.29 is 27.1 Å². The summed E-state index contributed by atoms with van der Waals surface area (Å²) in [6.07, 6.45) is 0.495. The van der Waals surface area contributed by atoms with E-state index in [2.05, 4.69) is 5.16 Å². The van der Waals surface area contributed by atoms with Crippen LogP contribution in [0, 0.1) is 23.3 Å². The lowest BCUT2D eigenvalue weighted by molar-refractivity contribution is 0.0123. The minimum absolute atomic E-state index is 0.285. The number of ether oxygens (including phenoxy) is 1. The molecule has 0 N–H and O–H groups in total. The van der Waals surface area contributed by atoms with Crippen LogP contribution in [-0.4, -0.2) is 16.6 Å². The van der Waals surface area contributed by atoms with Gasteiger partial charge in [-0.3, -0.25) is 0 Å². The molecule has 1 aromatic carbocycles. The van der Waals surface area contributed by atoms with Crippen LogP contribution >= 0.6 is 23.4 Å². The third-order valence-electron chi connectivity index (χ3n) is 2.57. The first-order valence-corrected chi connectivity index (χ1v) is 7.11. The van der Waals surface area contributed by atoms with E-state index < -0.39 is 39.6 Å². The Morgan fingerprint density at radius 1 is 1.19 bits per heavy atom. The van der Waals surface area contributed by atoms with Crippen LogP contribution in [-0.2, 0) is 4.84 Å². The van der Waals surface area contributed by atoms with E-state index in [1.165, 1.54) is 0 Å². The average molecular weight is 344 g/mol. The third kappa shape index (κ3) is 3.37. The molecule has 3 nitrogen and oxygen atoms in total. The average Bonchev–Trinajstić information content (AvgIpc) is 2.77. The van der Waals surface area contributed by atoms with E-state index in [1.54, 1.807) is 0 Å². The first kappa shape index (κ1) is 16.2. The van der Waals surface area contributed by atoms with Crippen molar-refractivity contribution >= 4 is 28.4 Å². The lowest BCUT2D eigenvalue weighted by Gasteiger charge is -2.13. The highest BCUT2D eigenvalue weighted by molar-refractivity contribution is 8.13. The molecule has 0 aliphatic carbocycles. The summed E-state index contributed by atoms with van der Waals surface area (Å²) in [4.78, 5) is 5.08. The lowest BCUT2D eigenvalue weighted by Crippen LogP contribution is -2.18. The maximum absolute atomic E-state index is 13.5. The molecule has 0 spiro atoms. The van der Waals surface area contributed by atoms with Gasteiger partial charge in [-0.05, 0) is 13.8 Å². The van der Waals surface area contributed by atoms with E-state index >= 15 is 0 Å². The number of halogens is 5. The first-order chi connectivity index (χ1) is 9.73. The normalized spacial score (nSPS) is 16.6. The summed E-state index contributed by atoms with van der Waals surface area (Å²) in [6, 6.07) is 0. The molecule has 0 fully saturated rings. The lowest BCUT2D eigenvalue weighted by atomic mass is 10.1. The standard InChI is InChI=1S/C12H10ClF4NO2S/c1-12(2)3-5(18-20-12)21-4-19-11-9(16)7(14)6(13)8(15)10(11)17/h3-4H2,1-2H3. The minimum atomic E-state index is -1.70. The SMILES string of the molecule is CC1(C)CC(SCOc2c(F)c(F)c(Cl)c(F)c2F)=NO1. The van der Waals surface area contributed by atoms with Crippen molar-refractivity contribution in [2.24, 2.45) is 5.16 Å². The molecule has 0 saturated carbocycles. The van der Waals surface area contributed by atoms with Gasteiger partial charge in [0.15, 0.2) is 17.4 Å². The number of benzene rings is 1. The number of hydrogen-bond acceptors (Lipinski definition) is 4. The van der Waals surface area contributed by atoms with Crippen LogP contribution in [0.25, 0.3) is 0 Å². The van der Waals surface area contributed by atoms with Crippen molar-refractivity contribution in [1.82, 2.24) is 0 Å². The van der Waals surface area contributed by atoms with Crippen LogP contribution < -0.4 is 4.74 Å². The Labute approximate surface area is 127 Å². The zero-order valence-electron chi connectivity index (χ0n) is 11.0. The molecule has 2 rings (SSSR count). The molecule has 0 amide bonds. The molecule has 116 valence electrons. The smallest absolute Gasteiger partial charge is 0.205 e. The topological polar surface area (TPSA) is 30.8 Å². The van der Waals surface area contributed by atoms with Gasteiger partial charge in [-0.1, -0.05) is 28.5 Å². The second-order valence-corrected chi connectivity index (χ2v) is 6.19. The number of nitrogens with zero attached hydrogens (tertiary/aromatic N) is 1. The molecule has 0 bridgehead atoms. The summed E-state index contributed by atoms with van der Waals surface area (Å²) in [5, 5.41) is 3.06. The van der Waals surface area contributed by atoms with Crippen LogP contribution in [0.3, 0.4) is 0 Å². The van der Waals surface area contributed by atoms with Gasteiger partial charge in [0.2, 0.25) is 11.6 Å². The van der Waals surface area contributed by atoms with E-state index in [0.717, 1.165) is 11.8 Å². The third-order valence-corrected chi connectivity index (χ3v) is 3.69. The second kappa shape index (κ2) is 5.92. The van der Waals surface area contributed by atoms with Crippen LogP contribution in [0.15, 0.2) is 5.16 Å². The van der Waals surface area contributed by atoms with Gasteiger partial charge < -0.3 is 9.57 Å². The van der Waals surface area contributed by atoms with E-state index in [1.807, 2.05) is 13.8 Å². The Balaban J connectivity index is 2.05. The van der Waals surface area contributed by atoms with Gasteiger partial charge in [0.1, 0.15) is 21.6 Å². The molecule has 0 aromatic heterocycles. The van der Waals surface area contributed by atoms with Crippen LogP contribution in [0.1, 0.15) is 20.3 Å². The van der Waals surface area contributed by atoms with Crippen molar-refractivity contribution in [2.45, 2.75) is 25.9 Å². The number of rotatable bonds is 3. The Kier molecular flexibility index (Phi) is 4.57. The van der Waals surface area contributed by atoms with Crippen molar-refractivity contribution in [2.75, 3.05) is 5.94 Å². The maximum Gasteiger partial charge on any atom is 0.205 e. The number of oxime groups is 1. The second-order valence-electron chi connectivity index (χ2n) is 4.82. The van der Waals surface area contributed by atoms with Crippen molar-refractivity contribution in [1.29, 1.82) is 0 Å². The minimum Gasteiger partial charge on any atom is -0.476 e. The van der Waals surface area contributed by atoms with E-state index in [-0.39, 0.29) is 5.94 Å². The highest BCUT2D eigenvalue weighted by Gasteiger charge is 2.30. The zero-order chi connectivity index (χ0) is 15.8. The fourth-order valence-corrected chi connectivity index (χ4v) is 2.57. The van der Waals surface area contributed by atoms with Gasteiger partial charge in [0.05, 0.1) is 0 Å². The highest BCUT2D eigenvalue weighted by atomic mass is 35.5. The molecule has 1 aliphatic rings. The Hall–Kier alpha value is -1.15. The molecule has 0 unspecified atom stereocenters. The molecular weight excluding hydrogens is 334 g/mol. The molecule has 21 heavy (non-hydrogen) atoms. The summed E-state index contributed by atoms with van der Waals surface area (Å²) >= 11 is 6.11. The van der Waals surface area contributed by atoms with Gasteiger partial charge >= 0.3 is 0 Å². The number of thioether (sulfide) groups is 1. The van der Waals surface area contributed by atoms with E-state index in [0.29, 0.717) is 11.5 Å². The van der Waals surface area contributed by atoms with E-state index in [9.17, 15) is 17.6 Å². The zero-order valence-corrected chi connectivity index (χ0v) is 12.5. The molecule has 1 aromatic rings. The maximum atomic E-state index is 13.5. The van der Waals surface area contributed by atoms with Crippen LogP contribution in [0.5, 0.6) is 5.75 Å². The fraction of sp³-hybridized carbons (Fsp3) is 0.417. The summed E-state index contributed by atoms with van der Waals surface area (Å²) in [5.41, 5.74) is -0.461. The molecule has 0 radical (unpaired) electrons. The Morgan fingerprint density at radius 3 is 2.24 bits per heavy atom. The summed E-state index contributed by atoms with van der Waals surface area (Å²) in [5.74, 6) is -8.18. The van der Waals surface area contributed by atoms with Crippen LogP contribution in [0.4, 0.5) is 17.6 Å². The highest BCUT2D eigenvalue weighted by Crippen LogP contribution is 2.34. The van der Waals surface area contributed by atoms with Crippen molar-refractivity contribution in [3.8, 4) is 5.75 Å². The largest absolute Gasteiger partial charge is 0.476 e. The first-order valence-electron chi connectivity index (χ1n) is 5.75. The van der Waals surface area contributed by atoms with Crippen molar-refractivity contribution in [3.63, 3.8) is 0 Å².